The zero-order chi connectivity index (χ0) is 46.6. The van der Waals surface area contributed by atoms with Gasteiger partial charge in [-0.1, -0.05) is 48.5 Å². The minimum Gasteiger partial charge on any atom is -1.00 e. The lowest BCUT2D eigenvalue weighted by molar-refractivity contribution is -0.727. The van der Waals surface area contributed by atoms with Crippen molar-refractivity contribution >= 4 is 11.9 Å². The molecule has 0 aliphatic heterocycles. The smallest absolute Gasteiger partial charge is 0.303 e. The van der Waals surface area contributed by atoms with Crippen molar-refractivity contribution in [2.75, 3.05) is 26.3 Å². The van der Waals surface area contributed by atoms with Gasteiger partial charge in [0.15, 0.2) is 23.1 Å². The molecule has 4 aromatic carbocycles. The van der Waals surface area contributed by atoms with Crippen molar-refractivity contribution in [1.29, 1.82) is 0 Å². The molecule has 0 bridgehead atoms. The molecule has 6 rings (SSSR count). The number of hydrogen-bond acceptors (Lipinski definition) is 6. The number of aliphatic carboxylic acids is 2. The molecule has 0 unspecified atom stereocenters. The van der Waals surface area contributed by atoms with Gasteiger partial charge in [0.2, 0.25) is 11.6 Å². The van der Waals surface area contributed by atoms with Crippen LogP contribution in [-0.2, 0) is 48.1 Å². The second-order valence-corrected chi connectivity index (χ2v) is 18.8. The average molecular weight is 968 g/mol. The monoisotopic (exact) mass is 966 g/mol. The molecule has 2 aliphatic carbocycles. The molecule has 0 fully saturated rings. The van der Waals surface area contributed by atoms with Crippen molar-refractivity contribution < 1.29 is 92.5 Å². The standard InChI is InChI=1S/2C25H31F2NO4.2ClH/c2*1-25(2,13-17-9-18-5-3-4-6-19(18)10-17)28-14-20(29)15-32-22-12-16(7-8-23(30)31)11-21(26)24(22)27;;/h2*3-6,11-12,17,20,28-29H,7-10,13-15H2,1-2H3,(H,30,31);2*1H/t2*20-;;/m11../s1. The molecular formula is C50H64Cl2F4N2O8. The van der Waals surface area contributed by atoms with Crippen molar-refractivity contribution in [3.8, 4) is 11.5 Å². The Morgan fingerprint density at radius 2 is 0.924 bits per heavy atom. The summed E-state index contributed by atoms with van der Waals surface area (Å²) in [5, 5.41) is 42.3. The highest BCUT2D eigenvalue weighted by Gasteiger charge is 2.32. The van der Waals surface area contributed by atoms with Crippen molar-refractivity contribution in [1.82, 2.24) is 0 Å². The van der Waals surface area contributed by atoms with E-state index in [0.29, 0.717) is 36.1 Å². The first-order chi connectivity index (χ1) is 30.3. The molecule has 0 aromatic heterocycles. The minimum absolute atomic E-state index is 0. The highest BCUT2D eigenvalue weighted by atomic mass is 35.5. The second-order valence-electron chi connectivity index (χ2n) is 18.8. The molecule has 0 saturated heterocycles. The summed E-state index contributed by atoms with van der Waals surface area (Å²) in [4.78, 5) is 21.4. The van der Waals surface area contributed by atoms with Gasteiger partial charge in [-0.2, -0.15) is 8.78 Å². The van der Waals surface area contributed by atoms with E-state index in [2.05, 4.69) is 86.9 Å². The third-order valence-corrected chi connectivity index (χ3v) is 12.0. The van der Waals surface area contributed by atoms with Gasteiger partial charge in [-0.25, -0.2) is 8.78 Å². The third kappa shape index (κ3) is 17.7. The highest BCUT2D eigenvalue weighted by molar-refractivity contribution is 5.67. The number of hydrogen-bond donors (Lipinski definition) is 6. The maximum Gasteiger partial charge on any atom is 0.303 e. The summed E-state index contributed by atoms with van der Waals surface area (Å²) in [6.07, 6.45) is 4.32. The third-order valence-electron chi connectivity index (χ3n) is 12.0. The van der Waals surface area contributed by atoms with Gasteiger partial charge in [0.05, 0.1) is 11.1 Å². The lowest BCUT2D eigenvalue weighted by Gasteiger charge is -2.27. The molecule has 8 N–H and O–H groups in total. The van der Waals surface area contributed by atoms with Crippen molar-refractivity contribution in [3.63, 3.8) is 0 Å². The van der Waals surface area contributed by atoms with Crippen LogP contribution in [0.3, 0.4) is 0 Å². The average Bonchev–Trinajstić information content (AvgIpc) is 3.84. The maximum atomic E-state index is 14.0. The van der Waals surface area contributed by atoms with Gasteiger partial charge in [-0.15, -0.1) is 0 Å². The first-order valence-corrected chi connectivity index (χ1v) is 22.1. The van der Waals surface area contributed by atoms with E-state index >= 15 is 0 Å². The molecule has 16 heteroatoms. The molecule has 66 heavy (non-hydrogen) atoms. The Bertz CT molecular complexity index is 2010. The Balaban J connectivity index is 0.000000340. The Morgan fingerprint density at radius 1 is 0.606 bits per heavy atom. The molecule has 2 aliphatic rings. The molecule has 4 aromatic rings. The number of halogens is 6. The first-order valence-electron chi connectivity index (χ1n) is 22.1. The number of fused-ring (bicyclic) bond motifs is 2. The molecule has 2 atom stereocenters. The summed E-state index contributed by atoms with van der Waals surface area (Å²) in [7, 11) is 0. The number of aryl methyl sites for hydroxylation is 2. The fraction of sp³-hybridized carbons (Fsp3) is 0.480. The Labute approximate surface area is 397 Å². The summed E-state index contributed by atoms with van der Waals surface area (Å²) in [6, 6.07) is 21.6. The van der Waals surface area contributed by atoms with Crippen molar-refractivity contribution in [2.45, 2.75) is 115 Å². The van der Waals surface area contributed by atoms with E-state index in [0.717, 1.165) is 50.7 Å². The Kier molecular flexibility index (Phi) is 21.7. The van der Waals surface area contributed by atoms with Crippen LogP contribution >= 0.6 is 0 Å². The van der Waals surface area contributed by atoms with Gasteiger partial charge in [-0.05, 0) is 136 Å². The number of carboxylic acids is 2. The van der Waals surface area contributed by atoms with Crippen LogP contribution in [-0.4, -0.2) is 82.0 Å². The van der Waals surface area contributed by atoms with Crippen LogP contribution in [0.2, 0.25) is 0 Å². The van der Waals surface area contributed by atoms with Gasteiger partial charge >= 0.3 is 11.9 Å². The number of carboxylic acid groups (broad SMARTS) is 2. The van der Waals surface area contributed by atoms with Crippen LogP contribution in [0.15, 0.2) is 72.8 Å². The summed E-state index contributed by atoms with van der Waals surface area (Å²) in [6.45, 7) is 8.95. The number of aliphatic hydroxyl groups is 2. The van der Waals surface area contributed by atoms with E-state index in [9.17, 15) is 37.4 Å². The molecule has 10 nitrogen and oxygen atoms in total. The normalized spacial score (nSPS) is 14.5. The summed E-state index contributed by atoms with van der Waals surface area (Å²) < 4.78 is 66.4. The van der Waals surface area contributed by atoms with Crippen LogP contribution < -0.4 is 44.9 Å². The van der Waals surface area contributed by atoms with Crippen molar-refractivity contribution in [2.24, 2.45) is 11.8 Å². The predicted octanol–water partition coefficient (Wildman–Crippen LogP) is -0.254. The number of quaternary nitrogens is 2. The summed E-state index contributed by atoms with van der Waals surface area (Å²) in [5.74, 6) is -6.00. The van der Waals surface area contributed by atoms with E-state index in [4.69, 9.17) is 19.7 Å². The zero-order valence-corrected chi connectivity index (χ0v) is 39.5. The van der Waals surface area contributed by atoms with Gasteiger partial charge in [0, 0.05) is 25.7 Å². The topological polar surface area (TPSA) is 167 Å². The number of aliphatic hydroxyl groups excluding tert-OH is 2. The van der Waals surface area contributed by atoms with Crippen LogP contribution in [0.1, 0.15) is 86.8 Å². The Morgan fingerprint density at radius 3 is 1.23 bits per heavy atom. The van der Waals surface area contributed by atoms with Crippen LogP contribution in [0.4, 0.5) is 17.6 Å². The first kappa shape index (κ1) is 55.9. The number of rotatable bonds is 22. The highest BCUT2D eigenvalue weighted by Crippen LogP contribution is 2.32. The molecular weight excluding hydrogens is 903 g/mol. The van der Waals surface area contributed by atoms with Gasteiger partial charge in [0.25, 0.3) is 0 Å². The van der Waals surface area contributed by atoms with Gasteiger partial charge in [0.1, 0.15) is 38.5 Å². The van der Waals surface area contributed by atoms with E-state index < -0.39 is 47.4 Å². The zero-order valence-electron chi connectivity index (χ0n) is 38.0. The fourth-order valence-electron chi connectivity index (χ4n) is 8.90. The molecule has 0 saturated carbocycles. The Hall–Kier alpha value is -4.44. The number of carbonyl (C=O) groups is 2. The van der Waals surface area contributed by atoms with Crippen LogP contribution in [0.5, 0.6) is 11.5 Å². The number of ether oxygens (including phenoxy) is 2. The quantitative estimate of drug-likeness (QED) is 0.0588. The predicted molar refractivity (Wildman–Crippen MR) is 233 cm³/mol. The fourth-order valence-corrected chi connectivity index (χ4v) is 8.90. The lowest BCUT2D eigenvalue weighted by Crippen LogP contribution is -3.00. The SMILES string of the molecule is CC(C)(CC1Cc2ccccc2C1)[NH2+]C[C@@H](O)COc1cc(CCC(=O)O)cc(F)c1F.CC(C)(CC1Cc2ccccc2C1)[NH2+]C[C@@H](O)COc1cc(CCC(=O)O)cc(F)c1F.[Cl-].[Cl-]. The maximum absolute atomic E-state index is 14.0. The lowest BCUT2D eigenvalue weighted by atomic mass is 9.88. The molecule has 0 radical (unpaired) electrons. The van der Waals surface area contributed by atoms with Crippen molar-refractivity contribution in [3.05, 3.63) is 129 Å². The molecule has 0 amide bonds. The molecule has 0 heterocycles. The van der Waals surface area contributed by atoms with Crippen LogP contribution in [0.25, 0.3) is 0 Å². The molecule has 364 valence electrons. The van der Waals surface area contributed by atoms with E-state index in [1.807, 2.05) is 0 Å². The second kappa shape index (κ2) is 25.6. The van der Waals surface area contributed by atoms with E-state index in [-0.39, 0.29) is 86.3 Å². The summed E-state index contributed by atoms with van der Waals surface area (Å²) in [5.41, 5.74) is 6.18. The molecule has 0 spiro atoms. The van der Waals surface area contributed by atoms with Crippen LogP contribution in [0, 0.1) is 35.1 Å². The minimum atomic E-state index is -1.14. The van der Waals surface area contributed by atoms with Gasteiger partial charge < -0.3 is 65.3 Å². The summed E-state index contributed by atoms with van der Waals surface area (Å²) >= 11 is 0. The van der Waals surface area contributed by atoms with E-state index in [1.165, 1.54) is 34.4 Å². The van der Waals surface area contributed by atoms with Gasteiger partial charge in [-0.3, -0.25) is 9.59 Å². The number of nitrogens with two attached hydrogens (primary N) is 2. The number of benzene rings is 4. The largest absolute Gasteiger partial charge is 1.00 e. The van der Waals surface area contributed by atoms with E-state index in [1.54, 1.807) is 0 Å².